The number of anilines is 1. The molecule has 1 heterocycles. The molecule has 0 bridgehead atoms. The van der Waals surface area contributed by atoms with Gasteiger partial charge < -0.3 is 9.64 Å². The molecule has 0 aromatic heterocycles. The normalized spacial score (nSPS) is 15.2. The number of aryl methyl sites for hydroxylation is 1. The Morgan fingerprint density at radius 3 is 2.60 bits per heavy atom. The summed E-state index contributed by atoms with van der Waals surface area (Å²) >= 11 is 0. The molecule has 0 N–H and O–H groups in total. The van der Waals surface area contributed by atoms with Gasteiger partial charge in [-0.2, -0.15) is 0 Å². The summed E-state index contributed by atoms with van der Waals surface area (Å²) in [5.74, 6) is 0.682. The van der Waals surface area contributed by atoms with Gasteiger partial charge in [-0.25, -0.2) is 0 Å². The first kappa shape index (κ1) is 17.5. The lowest BCUT2D eigenvalue weighted by Gasteiger charge is -2.36. The number of hydrogen-bond donors (Lipinski definition) is 0. The maximum atomic E-state index is 11.0. The fraction of sp³-hybridized carbons (Fsp3) is 0.381. The van der Waals surface area contributed by atoms with Crippen LogP contribution in [0.1, 0.15) is 22.3 Å². The minimum absolute atomic E-state index is 0.620. The molecule has 1 aliphatic rings. The van der Waals surface area contributed by atoms with E-state index in [1.807, 2.05) is 18.2 Å². The number of piperazine rings is 1. The monoisotopic (exact) mass is 338 g/mol. The second-order valence-electron chi connectivity index (χ2n) is 6.53. The zero-order valence-corrected chi connectivity index (χ0v) is 14.9. The number of aldehydes is 1. The zero-order valence-electron chi connectivity index (χ0n) is 14.9. The number of para-hydroxylation sites is 1. The van der Waals surface area contributed by atoms with Crippen molar-refractivity contribution in [2.45, 2.75) is 13.3 Å². The van der Waals surface area contributed by atoms with Crippen LogP contribution >= 0.6 is 0 Å². The van der Waals surface area contributed by atoms with Crippen molar-refractivity contribution in [3.63, 3.8) is 0 Å². The van der Waals surface area contributed by atoms with Gasteiger partial charge in [0.05, 0.1) is 12.2 Å². The number of carbonyl (C=O) groups excluding carboxylic acids is 1. The SMILES string of the molecule is Cc1cccc(N2CCN(CCCOc3ccccc3C=O)CC2)c1. The fourth-order valence-electron chi connectivity index (χ4n) is 3.23. The number of benzene rings is 2. The molecule has 4 heteroatoms. The van der Waals surface area contributed by atoms with Crippen molar-refractivity contribution < 1.29 is 9.53 Å². The second-order valence-corrected chi connectivity index (χ2v) is 6.53. The zero-order chi connectivity index (χ0) is 17.5. The highest BCUT2D eigenvalue weighted by Crippen LogP contribution is 2.18. The van der Waals surface area contributed by atoms with Gasteiger partial charge in [-0.1, -0.05) is 24.3 Å². The smallest absolute Gasteiger partial charge is 0.153 e. The van der Waals surface area contributed by atoms with Crippen molar-refractivity contribution in [1.29, 1.82) is 0 Å². The van der Waals surface area contributed by atoms with Gasteiger partial charge in [-0.15, -0.1) is 0 Å². The number of nitrogens with zero attached hydrogens (tertiary/aromatic N) is 2. The maximum Gasteiger partial charge on any atom is 0.153 e. The lowest BCUT2D eigenvalue weighted by Crippen LogP contribution is -2.46. The molecule has 0 atom stereocenters. The number of ether oxygens (including phenoxy) is 1. The van der Waals surface area contributed by atoms with Crippen LogP contribution in [0.25, 0.3) is 0 Å². The van der Waals surface area contributed by atoms with E-state index < -0.39 is 0 Å². The molecule has 4 nitrogen and oxygen atoms in total. The molecular weight excluding hydrogens is 312 g/mol. The van der Waals surface area contributed by atoms with Gasteiger partial charge in [0, 0.05) is 38.4 Å². The van der Waals surface area contributed by atoms with Gasteiger partial charge in [0.25, 0.3) is 0 Å². The summed E-state index contributed by atoms with van der Waals surface area (Å²) in [7, 11) is 0. The molecule has 0 radical (unpaired) electrons. The topological polar surface area (TPSA) is 32.8 Å². The van der Waals surface area contributed by atoms with E-state index in [1.165, 1.54) is 11.3 Å². The largest absolute Gasteiger partial charge is 0.493 e. The molecule has 0 aliphatic carbocycles. The Kier molecular flexibility index (Phi) is 6.07. The first-order valence-electron chi connectivity index (χ1n) is 8.97. The molecule has 0 amide bonds. The Bertz CT molecular complexity index is 694. The van der Waals surface area contributed by atoms with Crippen molar-refractivity contribution in [3.8, 4) is 5.75 Å². The van der Waals surface area contributed by atoms with Gasteiger partial charge in [0.2, 0.25) is 0 Å². The lowest BCUT2D eigenvalue weighted by atomic mass is 10.2. The van der Waals surface area contributed by atoms with Crippen molar-refractivity contribution in [2.75, 3.05) is 44.2 Å². The molecule has 132 valence electrons. The van der Waals surface area contributed by atoms with Crippen LogP contribution in [-0.4, -0.2) is 50.5 Å². The molecule has 1 aliphatic heterocycles. The van der Waals surface area contributed by atoms with Crippen molar-refractivity contribution >= 4 is 12.0 Å². The average molecular weight is 338 g/mol. The minimum atomic E-state index is 0.620. The molecule has 0 spiro atoms. The molecule has 0 unspecified atom stereocenters. The fourth-order valence-corrected chi connectivity index (χ4v) is 3.23. The van der Waals surface area contributed by atoms with Crippen LogP contribution in [0.5, 0.6) is 5.75 Å². The first-order valence-corrected chi connectivity index (χ1v) is 8.97. The molecule has 3 rings (SSSR count). The Morgan fingerprint density at radius 1 is 1.04 bits per heavy atom. The predicted octanol–water partition coefficient (Wildman–Crippen LogP) is 3.40. The standard InChI is InChI=1S/C21H26N2O2/c1-18-6-4-8-20(16-18)23-13-11-22(12-14-23)10-5-15-25-21-9-3-2-7-19(21)17-24/h2-4,6-9,16-17H,5,10-15H2,1H3. The molecule has 0 saturated carbocycles. The Hall–Kier alpha value is -2.33. The summed E-state index contributed by atoms with van der Waals surface area (Å²) in [6.45, 7) is 8.12. The van der Waals surface area contributed by atoms with Crippen molar-refractivity contribution in [1.82, 2.24) is 4.90 Å². The first-order chi connectivity index (χ1) is 12.3. The Labute approximate surface area is 150 Å². The van der Waals surface area contributed by atoms with Crippen LogP contribution in [0, 0.1) is 6.92 Å². The molecule has 1 fully saturated rings. The molecule has 25 heavy (non-hydrogen) atoms. The van der Waals surface area contributed by atoms with E-state index in [-0.39, 0.29) is 0 Å². The quantitative estimate of drug-likeness (QED) is 0.572. The van der Waals surface area contributed by atoms with Crippen LogP contribution in [0.4, 0.5) is 5.69 Å². The third-order valence-corrected chi connectivity index (χ3v) is 4.66. The van der Waals surface area contributed by atoms with Gasteiger partial charge in [-0.05, 0) is 43.2 Å². The van der Waals surface area contributed by atoms with Crippen molar-refractivity contribution in [3.05, 3.63) is 59.7 Å². The molecule has 2 aromatic carbocycles. The summed E-state index contributed by atoms with van der Waals surface area (Å²) < 4.78 is 5.75. The van der Waals surface area contributed by atoms with Crippen LogP contribution in [0.2, 0.25) is 0 Å². The van der Waals surface area contributed by atoms with E-state index >= 15 is 0 Å². The van der Waals surface area contributed by atoms with E-state index in [2.05, 4.69) is 41.0 Å². The van der Waals surface area contributed by atoms with Crippen LogP contribution in [-0.2, 0) is 0 Å². The summed E-state index contributed by atoms with van der Waals surface area (Å²) in [4.78, 5) is 15.9. The summed E-state index contributed by atoms with van der Waals surface area (Å²) in [5.41, 5.74) is 3.26. The minimum Gasteiger partial charge on any atom is -0.493 e. The third-order valence-electron chi connectivity index (χ3n) is 4.66. The van der Waals surface area contributed by atoms with Gasteiger partial charge in [-0.3, -0.25) is 9.69 Å². The van der Waals surface area contributed by atoms with Crippen LogP contribution < -0.4 is 9.64 Å². The third kappa shape index (κ3) is 4.83. The van der Waals surface area contributed by atoms with Crippen LogP contribution in [0.3, 0.4) is 0 Å². The lowest BCUT2D eigenvalue weighted by molar-refractivity contribution is 0.111. The Balaban J connectivity index is 1.39. The summed E-state index contributed by atoms with van der Waals surface area (Å²) in [6.07, 6.45) is 1.82. The molecule has 1 saturated heterocycles. The molecule has 2 aromatic rings. The van der Waals surface area contributed by atoms with E-state index in [1.54, 1.807) is 6.07 Å². The van der Waals surface area contributed by atoms with Gasteiger partial charge in [0.1, 0.15) is 5.75 Å². The van der Waals surface area contributed by atoms with Crippen molar-refractivity contribution in [2.24, 2.45) is 0 Å². The summed E-state index contributed by atoms with van der Waals surface area (Å²) in [5, 5.41) is 0. The highest BCUT2D eigenvalue weighted by atomic mass is 16.5. The average Bonchev–Trinajstić information content (AvgIpc) is 2.66. The van der Waals surface area contributed by atoms with Gasteiger partial charge >= 0.3 is 0 Å². The molecular formula is C21H26N2O2. The number of rotatable bonds is 7. The highest BCUT2D eigenvalue weighted by molar-refractivity contribution is 5.79. The maximum absolute atomic E-state index is 11.0. The van der Waals surface area contributed by atoms with E-state index in [0.717, 1.165) is 45.4 Å². The van der Waals surface area contributed by atoms with Gasteiger partial charge in [0.15, 0.2) is 6.29 Å². The second kappa shape index (κ2) is 8.67. The van der Waals surface area contributed by atoms with Crippen LogP contribution in [0.15, 0.2) is 48.5 Å². The Morgan fingerprint density at radius 2 is 1.84 bits per heavy atom. The predicted molar refractivity (Wildman–Crippen MR) is 102 cm³/mol. The number of hydrogen-bond acceptors (Lipinski definition) is 4. The van der Waals surface area contributed by atoms with E-state index in [0.29, 0.717) is 17.9 Å². The summed E-state index contributed by atoms with van der Waals surface area (Å²) in [6, 6.07) is 16.1. The van der Waals surface area contributed by atoms with E-state index in [4.69, 9.17) is 4.74 Å². The highest BCUT2D eigenvalue weighted by Gasteiger charge is 2.16. The number of carbonyl (C=O) groups is 1. The van der Waals surface area contributed by atoms with E-state index in [9.17, 15) is 4.79 Å².